The molecule has 0 bridgehead atoms. The third-order valence-corrected chi connectivity index (χ3v) is 5.28. The van der Waals surface area contributed by atoms with E-state index in [0.717, 1.165) is 17.4 Å². The Hall–Kier alpha value is -3.12. The van der Waals surface area contributed by atoms with E-state index in [1.165, 1.54) is 10.9 Å². The Labute approximate surface area is 177 Å². The van der Waals surface area contributed by atoms with Crippen molar-refractivity contribution in [3.8, 4) is 0 Å². The molecule has 4 atom stereocenters. The van der Waals surface area contributed by atoms with Crippen molar-refractivity contribution in [2.24, 2.45) is 0 Å². The van der Waals surface area contributed by atoms with Gasteiger partial charge >= 0.3 is 0 Å². The van der Waals surface area contributed by atoms with Crippen LogP contribution in [-0.2, 0) is 22.4 Å². The summed E-state index contributed by atoms with van der Waals surface area (Å²) >= 11 is 0. The molecule has 0 saturated carbocycles. The van der Waals surface area contributed by atoms with Gasteiger partial charge in [0, 0.05) is 13.0 Å². The minimum absolute atomic E-state index is 0.163. The smallest absolute Gasteiger partial charge is 0.226 e. The standard InChI is InChI=1S/C20H24N6O5/c21-17-14-18(26(10-23-14)19-16(30)15(29)13(9-28)31-19)25-20(24-17)22-7-5-11-1-3-12(4-2-11)6-8-27/h1-4,8,10,13,15-16,19,28-30H,5-7,9H2,(H3,21,22,24,25)/t13-,15-,16-,19-/m1/s1. The second-order valence-electron chi connectivity index (χ2n) is 7.35. The number of anilines is 2. The summed E-state index contributed by atoms with van der Waals surface area (Å²) in [6.07, 6.45) is -0.992. The normalized spacial score (nSPS) is 23.3. The Balaban J connectivity index is 1.49. The Morgan fingerprint density at radius 3 is 2.58 bits per heavy atom. The van der Waals surface area contributed by atoms with Gasteiger partial charge in [0.15, 0.2) is 17.7 Å². The van der Waals surface area contributed by atoms with Crippen molar-refractivity contribution in [2.75, 3.05) is 24.2 Å². The van der Waals surface area contributed by atoms with Crippen molar-refractivity contribution in [3.05, 3.63) is 41.7 Å². The summed E-state index contributed by atoms with van der Waals surface area (Å²) in [6, 6.07) is 7.78. The molecule has 3 heterocycles. The van der Waals surface area contributed by atoms with E-state index in [0.29, 0.717) is 30.6 Å². The number of hydrogen-bond donors (Lipinski definition) is 5. The molecular formula is C20H24N6O5. The maximum Gasteiger partial charge on any atom is 0.226 e. The fraction of sp³-hybridized carbons (Fsp3) is 0.400. The van der Waals surface area contributed by atoms with Crippen LogP contribution in [0.1, 0.15) is 17.4 Å². The first-order chi connectivity index (χ1) is 15.0. The maximum atomic E-state index is 10.6. The van der Waals surface area contributed by atoms with E-state index < -0.39 is 31.1 Å². The second-order valence-corrected chi connectivity index (χ2v) is 7.35. The lowest BCUT2D eigenvalue weighted by Crippen LogP contribution is -2.33. The molecular weight excluding hydrogens is 404 g/mol. The molecule has 31 heavy (non-hydrogen) atoms. The van der Waals surface area contributed by atoms with E-state index in [1.54, 1.807) is 0 Å². The van der Waals surface area contributed by atoms with Crippen molar-refractivity contribution in [1.29, 1.82) is 0 Å². The number of benzene rings is 1. The van der Waals surface area contributed by atoms with Crippen LogP contribution in [0.5, 0.6) is 0 Å². The first-order valence-electron chi connectivity index (χ1n) is 9.89. The molecule has 0 amide bonds. The number of rotatable bonds is 8. The number of nitrogens with zero attached hydrogens (tertiary/aromatic N) is 4. The SMILES string of the molecule is Nc1nc(NCCc2ccc(CC=O)cc2)nc2c1ncn2[C@@H]1O[C@H](CO)[C@@H](O)[C@H]1O. The van der Waals surface area contributed by atoms with Gasteiger partial charge in [0.1, 0.15) is 30.1 Å². The summed E-state index contributed by atoms with van der Waals surface area (Å²) in [7, 11) is 0. The summed E-state index contributed by atoms with van der Waals surface area (Å²) in [5.41, 5.74) is 8.76. The zero-order valence-electron chi connectivity index (χ0n) is 16.6. The Morgan fingerprint density at radius 2 is 1.90 bits per heavy atom. The number of aromatic nitrogens is 4. The third kappa shape index (κ3) is 4.21. The molecule has 11 heteroatoms. The average Bonchev–Trinajstić information content (AvgIpc) is 3.31. The van der Waals surface area contributed by atoms with E-state index >= 15 is 0 Å². The maximum absolute atomic E-state index is 10.6. The van der Waals surface area contributed by atoms with E-state index in [-0.39, 0.29) is 11.8 Å². The molecule has 164 valence electrons. The molecule has 1 aromatic carbocycles. The Bertz CT molecular complexity index is 1060. The van der Waals surface area contributed by atoms with Gasteiger partial charge in [0.2, 0.25) is 5.95 Å². The number of hydrogen-bond acceptors (Lipinski definition) is 10. The topological polar surface area (TPSA) is 169 Å². The first-order valence-corrected chi connectivity index (χ1v) is 9.89. The molecule has 6 N–H and O–H groups in total. The lowest BCUT2D eigenvalue weighted by Gasteiger charge is -2.16. The van der Waals surface area contributed by atoms with Crippen LogP contribution in [0.4, 0.5) is 11.8 Å². The van der Waals surface area contributed by atoms with Crippen LogP contribution in [0.2, 0.25) is 0 Å². The molecule has 0 unspecified atom stereocenters. The monoisotopic (exact) mass is 428 g/mol. The highest BCUT2D eigenvalue weighted by molar-refractivity contribution is 5.83. The number of ether oxygens (including phenoxy) is 1. The number of nitrogens with two attached hydrogens (primary N) is 1. The lowest BCUT2D eigenvalue weighted by atomic mass is 10.1. The van der Waals surface area contributed by atoms with Crippen LogP contribution in [0.3, 0.4) is 0 Å². The minimum Gasteiger partial charge on any atom is -0.394 e. The Morgan fingerprint density at radius 1 is 1.16 bits per heavy atom. The zero-order valence-corrected chi connectivity index (χ0v) is 16.6. The molecule has 11 nitrogen and oxygen atoms in total. The summed E-state index contributed by atoms with van der Waals surface area (Å²) in [6.45, 7) is 0.112. The van der Waals surface area contributed by atoms with E-state index in [9.17, 15) is 20.1 Å². The molecule has 1 aliphatic heterocycles. The lowest BCUT2D eigenvalue weighted by molar-refractivity contribution is -0.107. The van der Waals surface area contributed by atoms with Gasteiger partial charge < -0.3 is 35.9 Å². The van der Waals surface area contributed by atoms with Crippen LogP contribution >= 0.6 is 0 Å². The van der Waals surface area contributed by atoms with Crippen LogP contribution < -0.4 is 11.1 Å². The number of aliphatic hydroxyl groups is 3. The summed E-state index contributed by atoms with van der Waals surface area (Å²) in [4.78, 5) is 23.4. The largest absolute Gasteiger partial charge is 0.394 e. The molecule has 4 rings (SSSR count). The number of carbonyl (C=O) groups excluding carboxylic acids is 1. The minimum atomic E-state index is -1.26. The van der Waals surface area contributed by atoms with Crippen molar-refractivity contribution in [1.82, 2.24) is 19.5 Å². The van der Waals surface area contributed by atoms with Crippen LogP contribution in [0, 0.1) is 0 Å². The number of nitrogen functional groups attached to an aromatic ring is 1. The van der Waals surface area contributed by atoms with Gasteiger partial charge in [-0.1, -0.05) is 24.3 Å². The third-order valence-electron chi connectivity index (χ3n) is 5.28. The number of fused-ring (bicyclic) bond motifs is 1. The van der Waals surface area contributed by atoms with Crippen molar-refractivity contribution in [2.45, 2.75) is 37.4 Å². The summed E-state index contributed by atoms with van der Waals surface area (Å²) < 4.78 is 7.03. The van der Waals surface area contributed by atoms with Gasteiger partial charge in [-0.2, -0.15) is 9.97 Å². The number of nitrogens with one attached hydrogen (secondary N) is 1. The molecule has 0 radical (unpaired) electrons. The van der Waals surface area contributed by atoms with Gasteiger partial charge in [-0.15, -0.1) is 0 Å². The fourth-order valence-electron chi connectivity index (χ4n) is 3.57. The van der Waals surface area contributed by atoms with Crippen LogP contribution in [0.15, 0.2) is 30.6 Å². The quantitative estimate of drug-likeness (QED) is 0.293. The zero-order chi connectivity index (χ0) is 22.0. The number of carbonyl (C=O) groups is 1. The van der Waals surface area contributed by atoms with Crippen LogP contribution in [-0.4, -0.2) is 72.6 Å². The summed E-state index contributed by atoms with van der Waals surface area (Å²) in [5, 5.41) is 32.8. The fourth-order valence-corrected chi connectivity index (χ4v) is 3.57. The molecule has 3 aromatic rings. The Kier molecular flexibility index (Phi) is 6.09. The van der Waals surface area contributed by atoms with Gasteiger partial charge in [0.05, 0.1) is 12.9 Å². The van der Waals surface area contributed by atoms with E-state index in [2.05, 4.69) is 20.3 Å². The highest BCUT2D eigenvalue weighted by Crippen LogP contribution is 2.32. The van der Waals surface area contributed by atoms with Crippen molar-refractivity contribution >= 4 is 29.2 Å². The van der Waals surface area contributed by atoms with E-state index in [1.807, 2.05) is 24.3 Å². The van der Waals surface area contributed by atoms with Gasteiger partial charge in [-0.25, -0.2) is 4.98 Å². The van der Waals surface area contributed by atoms with Crippen molar-refractivity contribution < 1.29 is 24.9 Å². The molecule has 1 fully saturated rings. The predicted molar refractivity (Wildman–Crippen MR) is 111 cm³/mol. The van der Waals surface area contributed by atoms with Gasteiger partial charge in [-0.05, 0) is 17.5 Å². The number of aliphatic hydroxyl groups excluding tert-OH is 3. The molecule has 2 aromatic heterocycles. The highest BCUT2D eigenvalue weighted by Gasteiger charge is 2.44. The number of imidazole rings is 1. The summed E-state index contributed by atoms with van der Waals surface area (Å²) in [5.74, 6) is 0.451. The molecule has 0 aliphatic carbocycles. The number of aldehydes is 1. The van der Waals surface area contributed by atoms with E-state index in [4.69, 9.17) is 10.5 Å². The molecule has 1 saturated heterocycles. The highest BCUT2D eigenvalue weighted by atomic mass is 16.6. The van der Waals surface area contributed by atoms with Crippen LogP contribution in [0.25, 0.3) is 11.2 Å². The molecule has 1 aliphatic rings. The second kappa shape index (κ2) is 8.94. The average molecular weight is 428 g/mol. The molecule has 0 spiro atoms. The van der Waals surface area contributed by atoms with Gasteiger partial charge in [0.25, 0.3) is 0 Å². The first kappa shape index (κ1) is 21.1. The van der Waals surface area contributed by atoms with Crippen molar-refractivity contribution in [3.63, 3.8) is 0 Å². The predicted octanol–water partition coefficient (Wildman–Crippen LogP) is -0.584. The van der Waals surface area contributed by atoms with Gasteiger partial charge in [-0.3, -0.25) is 4.57 Å².